The van der Waals surface area contributed by atoms with Gasteiger partial charge in [0.25, 0.3) is 0 Å². The van der Waals surface area contributed by atoms with E-state index in [0.29, 0.717) is 5.75 Å². The molecule has 1 nitrogen and oxygen atoms in total. The summed E-state index contributed by atoms with van der Waals surface area (Å²) >= 11 is 22.1. The van der Waals surface area contributed by atoms with Crippen LogP contribution in [0.15, 0.2) is 30.3 Å². The van der Waals surface area contributed by atoms with Crippen molar-refractivity contribution in [2.24, 2.45) is 0 Å². The molecule has 0 aliphatic heterocycles. The standard InChI is InChI=1S/C6H5Cl4OP/c7-12(8,9,10)11-6-4-2-1-3-5-6/h1-5H. The topological polar surface area (TPSA) is 9.23 Å². The summed E-state index contributed by atoms with van der Waals surface area (Å²) in [6.45, 7) is 0. The predicted molar refractivity (Wildman–Crippen MR) is 57.4 cm³/mol. The second-order valence-corrected chi connectivity index (χ2v) is 14.4. The van der Waals surface area contributed by atoms with E-state index in [1.54, 1.807) is 24.3 Å². The molecule has 68 valence electrons. The van der Waals surface area contributed by atoms with Crippen LogP contribution in [0.5, 0.6) is 5.75 Å². The Labute approximate surface area is 89.7 Å². The normalized spacial score (nSPS) is 14.8. The van der Waals surface area contributed by atoms with Gasteiger partial charge in [-0.25, -0.2) is 0 Å². The molecule has 1 aromatic rings. The van der Waals surface area contributed by atoms with Crippen LogP contribution in [-0.2, 0) is 0 Å². The van der Waals surface area contributed by atoms with E-state index in [4.69, 9.17) is 49.5 Å². The van der Waals surface area contributed by atoms with Crippen LogP contribution in [0, 0.1) is 0 Å². The van der Waals surface area contributed by atoms with E-state index in [9.17, 15) is 0 Å². The fraction of sp³-hybridized carbons (Fsp3) is 0. The van der Waals surface area contributed by atoms with Crippen molar-refractivity contribution in [3.8, 4) is 5.75 Å². The number of rotatable bonds is 2. The van der Waals surface area contributed by atoms with E-state index < -0.39 is 4.24 Å². The van der Waals surface area contributed by atoms with Gasteiger partial charge >= 0.3 is 89.8 Å². The van der Waals surface area contributed by atoms with Gasteiger partial charge in [0.15, 0.2) is 0 Å². The van der Waals surface area contributed by atoms with E-state index in [1.807, 2.05) is 6.07 Å². The van der Waals surface area contributed by atoms with Crippen LogP contribution in [0.25, 0.3) is 0 Å². The Balaban J connectivity index is 2.79. The van der Waals surface area contributed by atoms with Gasteiger partial charge in [-0.2, -0.15) is 0 Å². The van der Waals surface area contributed by atoms with Crippen LogP contribution in [0.1, 0.15) is 0 Å². The van der Waals surface area contributed by atoms with Gasteiger partial charge in [0.05, 0.1) is 0 Å². The van der Waals surface area contributed by atoms with Crippen molar-refractivity contribution < 1.29 is 4.52 Å². The van der Waals surface area contributed by atoms with Crippen LogP contribution in [0.2, 0.25) is 0 Å². The predicted octanol–water partition coefficient (Wildman–Crippen LogP) is 5.15. The first-order valence-corrected chi connectivity index (χ1v) is 8.75. The fourth-order valence-corrected chi connectivity index (χ4v) is 2.04. The molecule has 1 aromatic carbocycles. The summed E-state index contributed by atoms with van der Waals surface area (Å²) in [5, 5.41) is 0. The summed E-state index contributed by atoms with van der Waals surface area (Å²) < 4.78 is 1.02. The molecule has 0 radical (unpaired) electrons. The van der Waals surface area contributed by atoms with Gasteiger partial charge in [-0.1, -0.05) is 0 Å². The molecule has 0 spiro atoms. The monoisotopic (exact) mass is 264 g/mol. The summed E-state index contributed by atoms with van der Waals surface area (Å²) in [6.07, 6.45) is 0. The molecule has 0 heterocycles. The van der Waals surface area contributed by atoms with E-state index in [-0.39, 0.29) is 0 Å². The molecule has 0 amide bonds. The van der Waals surface area contributed by atoms with Crippen molar-refractivity contribution in [2.45, 2.75) is 0 Å². The van der Waals surface area contributed by atoms with Crippen molar-refractivity contribution >= 4 is 49.2 Å². The zero-order chi connectivity index (χ0) is 9.27. The third-order valence-corrected chi connectivity index (χ3v) is 2.30. The number of hydrogen-bond donors (Lipinski definition) is 0. The number of hydrogen-bond acceptors (Lipinski definition) is 1. The van der Waals surface area contributed by atoms with E-state index in [1.165, 1.54) is 0 Å². The zero-order valence-electron chi connectivity index (χ0n) is 5.75. The summed E-state index contributed by atoms with van der Waals surface area (Å²) in [6, 6.07) is 8.68. The Morgan fingerprint density at radius 3 is 1.83 bits per heavy atom. The Kier molecular flexibility index (Phi) is 3.03. The third kappa shape index (κ3) is 4.59. The zero-order valence-corrected chi connectivity index (χ0v) is 9.67. The van der Waals surface area contributed by atoms with Crippen molar-refractivity contribution in [2.75, 3.05) is 0 Å². The molecule has 0 aliphatic rings. The summed E-state index contributed by atoms with van der Waals surface area (Å²) in [7, 11) is 0. The van der Waals surface area contributed by atoms with E-state index in [2.05, 4.69) is 0 Å². The van der Waals surface area contributed by atoms with Gasteiger partial charge in [0.1, 0.15) is 0 Å². The fourth-order valence-electron chi connectivity index (χ4n) is 0.641. The molecule has 0 fully saturated rings. The molecule has 1 rings (SSSR count). The molecule has 0 aromatic heterocycles. The van der Waals surface area contributed by atoms with Gasteiger partial charge in [0, 0.05) is 0 Å². The summed E-state index contributed by atoms with van der Waals surface area (Å²) in [5.74, 6) is 0.449. The minimum atomic E-state index is -3.97. The summed E-state index contributed by atoms with van der Waals surface area (Å²) in [4.78, 5) is 0. The molecule has 0 unspecified atom stereocenters. The van der Waals surface area contributed by atoms with Crippen LogP contribution < -0.4 is 4.52 Å². The van der Waals surface area contributed by atoms with Crippen molar-refractivity contribution in [3.63, 3.8) is 0 Å². The van der Waals surface area contributed by atoms with Crippen LogP contribution in [-0.4, -0.2) is 0 Å². The van der Waals surface area contributed by atoms with Crippen molar-refractivity contribution in [1.29, 1.82) is 0 Å². The van der Waals surface area contributed by atoms with Gasteiger partial charge in [-0.15, -0.1) is 0 Å². The average molecular weight is 266 g/mol. The van der Waals surface area contributed by atoms with Gasteiger partial charge in [-0.3, -0.25) is 0 Å². The first-order chi connectivity index (χ1) is 5.33. The first-order valence-electron chi connectivity index (χ1n) is 2.97. The minimum absolute atomic E-state index is 0.449. The molecule has 0 aliphatic carbocycles. The molecule has 0 N–H and O–H groups in total. The second-order valence-electron chi connectivity index (χ2n) is 2.06. The third-order valence-electron chi connectivity index (χ3n) is 0.987. The molecule has 12 heavy (non-hydrogen) atoms. The Bertz CT molecular complexity index is 259. The second kappa shape index (κ2) is 3.40. The quantitative estimate of drug-likeness (QED) is 0.672. The number of halogens is 4. The molecule has 6 heteroatoms. The van der Waals surface area contributed by atoms with Gasteiger partial charge in [0.2, 0.25) is 0 Å². The van der Waals surface area contributed by atoms with Crippen molar-refractivity contribution in [1.82, 2.24) is 0 Å². The SMILES string of the molecule is ClP(Cl)(Cl)(Cl)Oc1ccccc1. The van der Waals surface area contributed by atoms with Gasteiger partial charge < -0.3 is 0 Å². The van der Waals surface area contributed by atoms with Crippen LogP contribution >= 0.6 is 49.2 Å². The van der Waals surface area contributed by atoms with Gasteiger partial charge in [-0.05, 0) is 0 Å². The molecule has 0 saturated heterocycles. The number of benzene rings is 1. The molecular formula is C6H5Cl4OP. The number of para-hydroxylation sites is 1. The molecule has 0 saturated carbocycles. The Hall–Kier alpha value is 0.610. The average Bonchev–Trinajstić information content (AvgIpc) is 1.83. The van der Waals surface area contributed by atoms with Crippen molar-refractivity contribution in [3.05, 3.63) is 30.3 Å². The molecular weight excluding hydrogens is 261 g/mol. The van der Waals surface area contributed by atoms with E-state index in [0.717, 1.165) is 0 Å². The Morgan fingerprint density at radius 2 is 1.42 bits per heavy atom. The van der Waals surface area contributed by atoms with Crippen LogP contribution in [0.3, 0.4) is 0 Å². The summed E-state index contributed by atoms with van der Waals surface area (Å²) in [5.41, 5.74) is 0. The van der Waals surface area contributed by atoms with E-state index >= 15 is 0 Å². The first kappa shape index (κ1) is 10.7. The Morgan fingerprint density at radius 1 is 0.917 bits per heavy atom. The maximum absolute atomic E-state index is 5.53. The molecule has 0 atom stereocenters. The maximum atomic E-state index is 5.53. The van der Waals surface area contributed by atoms with Crippen LogP contribution in [0.4, 0.5) is 0 Å². The molecule has 0 bridgehead atoms.